The molecule has 1 aromatic heterocycles. The second-order valence-electron chi connectivity index (χ2n) is 6.54. The van der Waals surface area contributed by atoms with Crippen molar-refractivity contribution < 1.29 is 19.1 Å². The summed E-state index contributed by atoms with van der Waals surface area (Å²) in [6.45, 7) is 0. The second-order valence-corrected chi connectivity index (χ2v) is 6.98. The first-order chi connectivity index (χ1) is 15.0. The quantitative estimate of drug-likeness (QED) is 0.470. The minimum absolute atomic E-state index is 0.122. The molecule has 3 aromatic carbocycles. The Morgan fingerprint density at radius 2 is 1.65 bits per heavy atom. The zero-order chi connectivity index (χ0) is 22.0. The molecule has 0 saturated carbocycles. The summed E-state index contributed by atoms with van der Waals surface area (Å²) in [5, 5.41) is 0.677. The normalized spacial score (nSPS) is 10.7. The number of benzene rings is 3. The average Bonchev–Trinajstić information content (AvgIpc) is 2.80. The van der Waals surface area contributed by atoms with Gasteiger partial charge in [-0.1, -0.05) is 29.8 Å². The number of hydrogen-bond donors (Lipinski definition) is 0. The third-order valence-electron chi connectivity index (χ3n) is 4.58. The first kappa shape index (κ1) is 20.4. The Hall–Kier alpha value is -3.84. The topological polar surface area (TPSA) is 79.7 Å². The summed E-state index contributed by atoms with van der Waals surface area (Å²) in [5.74, 6) is 0.350. The number of carbonyl (C=O) groups is 1. The van der Waals surface area contributed by atoms with E-state index in [0.717, 1.165) is 4.73 Å². The van der Waals surface area contributed by atoms with Crippen molar-refractivity contribution >= 4 is 28.5 Å². The molecule has 0 aliphatic rings. The number of hydrogen-bond acceptors (Lipinski definition) is 6. The summed E-state index contributed by atoms with van der Waals surface area (Å²) in [6, 6.07) is 18.1. The Kier molecular flexibility index (Phi) is 5.60. The highest BCUT2D eigenvalue weighted by atomic mass is 35.5. The van der Waals surface area contributed by atoms with E-state index in [1.54, 1.807) is 60.7 Å². The Balaban J connectivity index is 1.92. The van der Waals surface area contributed by atoms with E-state index in [4.69, 9.17) is 25.9 Å². The van der Waals surface area contributed by atoms with Gasteiger partial charge in [0.2, 0.25) is 0 Å². The lowest BCUT2D eigenvalue weighted by Crippen LogP contribution is -2.33. The van der Waals surface area contributed by atoms with Gasteiger partial charge in [-0.05, 0) is 42.5 Å². The van der Waals surface area contributed by atoms with Crippen molar-refractivity contribution in [2.75, 3.05) is 14.2 Å². The molecule has 0 amide bonds. The van der Waals surface area contributed by atoms with E-state index in [1.807, 2.05) is 0 Å². The van der Waals surface area contributed by atoms with Crippen LogP contribution in [-0.4, -0.2) is 29.9 Å². The Morgan fingerprint density at radius 3 is 2.32 bits per heavy atom. The first-order valence-corrected chi connectivity index (χ1v) is 9.61. The molecule has 8 heteroatoms. The fourth-order valence-electron chi connectivity index (χ4n) is 3.07. The van der Waals surface area contributed by atoms with Gasteiger partial charge in [-0.2, -0.15) is 0 Å². The minimum Gasteiger partial charge on any atom is -0.497 e. The molecule has 31 heavy (non-hydrogen) atoms. The number of para-hydroxylation sites is 1. The zero-order valence-corrected chi connectivity index (χ0v) is 17.4. The van der Waals surface area contributed by atoms with Crippen molar-refractivity contribution in [3.05, 3.63) is 87.7 Å². The van der Waals surface area contributed by atoms with E-state index in [9.17, 15) is 9.59 Å². The predicted octanol–water partition coefficient (Wildman–Crippen LogP) is 4.00. The molecule has 0 atom stereocenters. The van der Waals surface area contributed by atoms with Crippen molar-refractivity contribution in [3.63, 3.8) is 0 Å². The van der Waals surface area contributed by atoms with Crippen molar-refractivity contribution in [2.24, 2.45) is 0 Å². The number of ether oxygens (including phenoxy) is 2. The van der Waals surface area contributed by atoms with Crippen molar-refractivity contribution in [2.45, 2.75) is 0 Å². The van der Waals surface area contributed by atoms with Crippen molar-refractivity contribution in [1.82, 2.24) is 9.71 Å². The van der Waals surface area contributed by atoms with Gasteiger partial charge in [0.25, 0.3) is 5.56 Å². The van der Waals surface area contributed by atoms with Gasteiger partial charge in [0, 0.05) is 16.7 Å². The zero-order valence-electron chi connectivity index (χ0n) is 16.7. The lowest BCUT2D eigenvalue weighted by Gasteiger charge is -2.14. The average molecular weight is 437 g/mol. The molecular weight excluding hydrogens is 420 g/mol. The standard InChI is InChI=1S/C23H17ClN2O5/c1-29-17-11-15(12-18(13-17)30-2)21-25-20-9-4-3-8-19(20)22(27)26(21)31-23(28)14-6-5-7-16(24)10-14/h3-13H,1-2H3. The van der Waals surface area contributed by atoms with Crippen LogP contribution in [0.25, 0.3) is 22.3 Å². The van der Waals surface area contributed by atoms with Crippen molar-refractivity contribution in [1.29, 1.82) is 0 Å². The van der Waals surface area contributed by atoms with Crippen LogP contribution < -0.4 is 19.9 Å². The molecule has 4 aromatic rings. The SMILES string of the molecule is COc1cc(OC)cc(-c2nc3ccccc3c(=O)n2OC(=O)c2cccc(Cl)c2)c1. The van der Waals surface area contributed by atoms with Crippen LogP contribution in [-0.2, 0) is 0 Å². The summed E-state index contributed by atoms with van der Waals surface area (Å²) in [4.78, 5) is 36.0. The third-order valence-corrected chi connectivity index (χ3v) is 4.82. The number of halogens is 1. The molecule has 0 aliphatic carbocycles. The lowest BCUT2D eigenvalue weighted by molar-refractivity contribution is 0.0449. The number of methoxy groups -OCH3 is 2. The van der Waals surface area contributed by atoms with Gasteiger partial charge in [-0.3, -0.25) is 4.79 Å². The van der Waals surface area contributed by atoms with Crippen LogP contribution in [0.2, 0.25) is 5.02 Å². The van der Waals surface area contributed by atoms with Gasteiger partial charge in [0.15, 0.2) is 5.82 Å². The second kappa shape index (κ2) is 8.49. The van der Waals surface area contributed by atoms with E-state index in [0.29, 0.717) is 33.0 Å². The molecule has 4 rings (SSSR count). The first-order valence-electron chi connectivity index (χ1n) is 9.23. The highest BCUT2D eigenvalue weighted by Crippen LogP contribution is 2.29. The summed E-state index contributed by atoms with van der Waals surface area (Å²) >= 11 is 5.98. The van der Waals surface area contributed by atoms with E-state index in [2.05, 4.69) is 4.98 Å². The molecule has 0 bridgehead atoms. The predicted molar refractivity (Wildman–Crippen MR) is 117 cm³/mol. The van der Waals surface area contributed by atoms with Crippen LogP contribution in [0.15, 0.2) is 71.5 Å². The maximum Gasteiger partial charge on any atom is 0.363 e. The number of fused-ring (bicyclic) bond motifs is 1. The van der Waals surface area contributed by atoms with Crippen LogP contribution in [0.5, 0.6) is 11.5 Å². The Bertz CT molecular complexity index is 1330. The largest absolute Gasteiger partial charge is 0.497 e. The van der Waals surface area contributed by atoms with Crippen LogP contribution in [0.3, 0.4) is 0 Å². The van der Waals surface area contributed by atoms with Gasteiger partial charge in [-0.15, -0.1) is 4.73 Å². The third kappa shape index (κ3) is 4.08. The molecule has 0 saturated heterocycles. The molecule has 0 aliphatic heterocycles. The molecule has 0 N–H and O–H groups in total. The molecule has 156 valence electrons. The Morgan fingerprint density at radius 1 is 0.935 bits per heavy atom. The van der Waals surface area contributed by atoms with Crippen LogP contribution >= 0.6 is 11.6 Å². The molecule has 7 nitrogen and oxygen atoms in total. The van der Waals surface area contributed by atoms with Crippen LogP contribution in [0, 0.1) is 0 Å². The van der Waals surface area contributed by atoms with Crippen LogP contribution in [0.1, 0.15) is 10.4 Å². The molecule has 0 unspecified atom stereocenters. The Labute approximate surface area is 182 Å². The molecule has 0 radical (unpaired) electrons. The maximum atomic E-state index is 13.2. The maximum absolute atomic E-state index is 13.2. The fourth-order valence-corrected chi connectivity index (χ4v) is 3.26. The highest BCUT2D eigenvalue weighted by Gasteiger charge is 2.19. The van der Waals surface area contributed by atoms with Crippen molar-refractivity contribution in [3.8, 4) is 22.9 Å². The highest BCUT2D eigenvalue weighted by molar-refractivity contribution is 6.30. The summed E-state index contributed by atoms with van der Waals surface area (Å²) < 4.78 is 11.5. The molecular formula is C23H17ClN2O5. The van der Waals surface area contributed by atoms with Gasteiger partial charge >= 0.3 is 5.97 Å². The van der Waals surface area contributed by atoms with Crippen LogP contribution in [0.4, 0.5) is 0 Å². The van der Waals surface area contributed by atoms with E-state index >= 15 is 0 Å². The molecule has 0 spiro atoms. The van der Waals surface area contributed by atoms with E-state index in [1.165, 1.54) is 20.3 Å². The smallest absolute Gasteiger partial charge is 0.363 e. The van der Waals surface area contributed by atoms with E-state index in [-0.39, 0.29) is 11.4 Å². The number of nitrogens with zero attached hydrogens (tertiary/aromatic N) is 2. The summed E-state index contributed by atoms with van der Waals surface area (Å²) in [5.41, 5.74) is 0.594. The van der Waals surface area contributed by atoms with Gasteiger partial charge in [0.05, 0.1) is 30.7 Å². The number of rotatable bonds is 5. The number of carbonyl (C=O) groups excluding carboxylic acids is 1. The van der Waals surface area contributed by atoms with Gasteiger partial charge < -0.3 is 14.3 Å². The number of aromatic nitrogens is 2. The summed E-state index contributed by atoms with van der Waals surface area (Å²) in [6.07, 6.45) is 0. The van der Waals surface area contributed by atoms with Gasteiger partial charge in [0.1, 0.15) is 11.5 Å². The molecule has 0 fully saturated rings. The van der Waals surface area contributed by atoms with E-state index < -0.39 is 11.5 Å². The minimum atomic E-state index is -0.752. The molecule has 1 heterocycles. The monoisotopic (exact) mass is 436 g/mol. The van der Waals surface area contributed by atoms with Gasteiger partial charge in [-0.25, -0.2) is 9.78 Å². The lowest BCUT2D eigenvalue weighted by atomic mass is 10.1. The fraction of sp³-hybridized carbons (Fsp3) is 0.0870. The summed E-state index contributed by atoms with van der Waals surface area (Å²) in [7, 11) is 3.03.